The lowest BCUT2D eigenvalue weighted by Gasteiger charge is -2.38. The molecule has 1 aliphatic rings. The van der Waals surface area contributed by atoms with Gasteiger partial charge in [0.05, 0.1) is 0 Å². The number of nitrogens with two attached hydrogens (primary N) is 1. The molecular formula is C12H22N4O. The summed E-state index contributed by atoms with van der Waals surface area (Å²) in [4.78, 5) is 2.42. The van der Waals surface area contributed by atoms with E-state index in [0.29, 0.717) is 6.04 Å². The topological polar surface area (TPSA) is 68.2 Å². The van der Waals surface area contributed by atoms with E-state index in [0.717, 1.165) is 36.9 Å². The molecule has 0 bridgehead atoms. The van der Waals surface area contributed by atoms with Crippen LogP contribution in [0, 0.1) is 12.8 Å². The molecule has 2 N–H and O–H groups in total. The van der Waals surface area contributed by atoms with Crippen LogP contribution in [0.5, 0.6) is 0 Å². The van der Waals surface area contributed by atoms with Crippen molar-refractivity contribution < 1.29 is 4.63 Å². The number of nitrogens with zero attached hydrogens (tertiary/aromatic N) is 3. The summed E-state index contributed by atoms with van der Waals surface area (Å²) in [5, 5.41) is 7.77. The molecule has 96 valence electrons. The molecule has 2 unspecified atom stereocenters. The summed E-state index contributed by atoms with van der Waals surface area (Å²) in [6.07, 6.45) is 3.73. The Labute approximate surface area is 102 Å². The minimum Gasteiger partial charge on any atom is -0.329 e. The van der Waals surface area contributed by atoms with Crippen molar-refractivity contribution in [2.45, 2.75) is 45.7 Å². The Morgan fingerprint density at radius 2 is 2.29 bits per heavy atom. The standard InChI is InChI=1S/C12H22N4O/c1-3-10-4-5-16(11(6-10)7-13)8-12-9(2)14-17-15-12/h10-11H,3-8,13H2,1-2H3. The second-order valence-electron chi connectivity index (χ2n) is 4.95. The van der Waals surface area contributed by atoms with Crippen LogP contribution in [0.25, 0.3) is 0 Å². The maximum atomic E-state index is 5.88. The molecule has 1 aromatic rings. The van der Waals surface area contributed by atoms with Gasteiger partial charge >= 0.3 is 0 Å². The van der Waals surface area contributed by atoms with Crippen molar-refractivity contribution in [3.8, 4) is 0 Å². The van der Waals surface area contributed by atoms with Gasteiger partial charge in [-0.1, -0.05) is 23.7 Å². The molecule has 0 spiro atoms. The van der Waals surface area contributed by atoms with Crippen LogP contribution in [-0.2, 0) is 6.54 Å². The molecule has 0 amide bonds. The Bertz CT molecular complexity index is 352. The summed E-state index contributed by atoms with van der Waals surface area (Å²) in [6.45, 7) is 6.84. The van der Waals surface area contributed by atoms with Crippen LogP contribution >= 0.6 is 0 Å². The average molecular weight is 238 g/mol. The molecule has 17 heavy (non-hydrogen) atoms. The van der Waals surface area contributed by atoms with Crippen molar-refractivity contribution >= 4 is 0 Å². The van der Waals surface area contributed by atoms with Gasteiger partial charge in [0.2, 0.25) is 0 Å². The fourth-order valence-electron chi connectivity index (χ4n) is 2.59. The van der Waals surface area contributed by atoms with E-state index in [1.807, 2.05) is 6.92 Å². The van der Waals surface area contributed by atoms with E-state index in [1.165, 1.54) is 19.3 Å². The predicted octanol–water partition coefficient (Wildman–Crippen LogP) is 1.33. The second kappa shape index (κ2) is 5.60. The van der Waals surface area contributed by atoms with E-state index >= 15 is 0 Å². The number of rotatable bonds is 4. The molecular weight excluding hydrogens is 216 g/mol. The van der Waals surface area contributed by atoms with E-state index in [2.05, 4.69) is 22.1 Å². The molecule has 1 aromatic heterocycles. The summed E-state index contributed by atoms with van der Waals surface area (Å²) in [5.41, 5.74) is 7.71. The fourth-order valence-corrected chi connectivity index (χ4v) is 2.59. The minimum atomic E-state index is 0.477. The van der Waals surface area contributed by atoms with E-state index in [-0.39, 0.29) is 0 Å². The normalized spacial score (nSPS) is 26.3. The van der Waals surface area contributed by atoms with Gasteiger partial charge in [-0.3, -0.25) is 4.90 Å². The van der Waals surface area contributed by atoms with Gasteiger partial charge in [0, 0.05) is 19.1 Å². The van der Waals surface area contributed by atoms with Crippen molar-refractivity contribution in [3.63, 3.8) is 0 Å². The maximum absolute atomic E-state index is 5.88. The molecule has 1 saturated heterocycles. The van der Waals surface area contributed by atoms with Gasteiger partial charge in [0.25, 0.3) is 0 Å². The maximum Gasteiger partial charge on any atom is 0.122 e. The fraction of sp³-hybridized carbons (Fsp3) is 0.833. The van der Waals surface area contributed by atoms with Crippen LogP contribution in [-0.4, -0.2) is 34.3 Å². The number of hydrogen-bond acceptors (Lipinski definition) is 5. The molecule has 2 rings (SSSR count). The second-order valence-corrected chi connectivity index (χ2v) is 4.95. The molecule has 0 saturated carbocycles. The number of likely N-dealkylation sites (tertiary alicyclic amines) is 1. The van der Waals surface area contributed by atoms with Crippen molar-refractivity contribution in [2.75, 3.05) is 13.1 Å². The van der Waals surface area contributed by atoms with Crippen LogP contribution in [0.1, 0.15) is 37.6 Å². The van der Waals surface area contributed by atoms with Crippen LogP contribution in [0.15, 0.2) is 4.63 Å². The van der Waals surface area contributed by atoms with E-state index in [9.17, 15) is 0 Å². The monoisotopic (exact) mass is 238 g/mol. The first-order chi connectivity index (χ1) is 8.24. The van der Waals surface area contributed by atoms with Crippen LogP contribution in [0.2, 0.25) is 0 Å². The lowest BCUT2D eigenvalue weighted by molar-refractivity contribution is 0.104. The first-order valence-corrected chi connectivity index (χ1v) is 6.46. The van der Waals surface area contributed by atoms with Crippen molar-refractivity contribution in [1.29, 1.82) is 0 Å². The summed E-state index contributed by atoms with van der Waals surface area (Å²) < 4.78 is 4.74. The Morgan fingerprint density at radius 1 is 1.47 bits per heavy atom. The van der Waals surface area contributed by atoms with Crippen molar-refractivity contribution in [3.05, 3.63) is 11.4 Å². The third kappa shape index (κ3) is 2.84. The lowest BCUT2D eigenvalue weighted by Crippen LogP contribution is -2.46. The molecule has 5 heteroatoms. The predicted molar refractivity (Wildman–Crippen MR) is 65.3 cm³/mol. The number of aryl methyl sites for hydroxylation is 1. The van der Waals surface area contributed by atoms with E-state index < -0.39 is 0 Å². The third-order valence-corrected chi connectivity index (χ3v) is 3.90. The zero-order chi connectivity index (χ0) is 12.3. The van der Waals surface area contributed by atoms with Crippen molar-refractivity contribution in [2.24, 2.45) is 11.7 Å². The van der Waals surface area contributed by atoms with Gasteiger partial charge in [-0.15, -0.1) is 0 Å². The smallest absolute Gasteiger partial charge is 0.122 e. The summed E-state index contributed by atoms with van der Waals surface area (Å²) >= 11 is 0. The highest BCUT2D eigenvalue weighted by Gasteiger charge is 2.27. The summed E-state index contributed by atoms with van der Waals surface area (Å²) in [7, 11) is 0. The largest absolute Gasteiger partial charge is 0.329 e. The molecule has 2 atom stereocenters. The third-order valence-electron chi connectivity index (χ3n) is 3.90. The van der Waals surface area contributed by atoms with Gasteiger partial charge in [0.15, 0.2) is 0 Å². The molecule has 0 radical (unpaired) electrons. The highest BCUT2D eigenvalue weighted by molar-refractivity contribution is 5.05. The molecule has 0 aliphatic carbocycles. The number of aromatic nitrogens is 2. The number of piperidine rings is 1. The highest BCUT2D eigenvalue weighted by Crippen LogP contribution is 2.26. The molecule has 1 fully saturated rings. The molecule has 0 aromatic carbocycles. The minimum absolute atomic E-state index is 0.477. The summed E-state index contributed by atoms with van der Waals surface area (Å²) in [6, 6.07) is 0.477. The molecule has 1 aliphatic heterocycles. The lowest BCUT2D eigenvalue weighted by atomic mass is 9.89. The van der Waals surface area contributed by atoms with Gasteiger partial charge < -0.3 is 5.73 Å². The Balaban J connectivity index is 1.98. The van der Waals surface area contributed by atoms with E-state index in [1.54, 1.807) is 0 Å². The number of hydrogen-bond donors (Lipinski definition) is 1. The summed E-state index contributed by atoms with van der Waals surface area (Å²) in [5.74, 6) is 0.830. The van der Waals surface area contributed by atoms with Gasteiger partial charge in [-0.2, -0.15) is 0 Å². The molecule has 2 heterocycles. The van der Waals surface area contributed by atoms with Gasteiger partial charge in [-0.25, -0.2) is 4.63 Å². The highest BCUT2D eigenvalue weighted by atomic mass is 16.6. The van der Waals surface area contributed by atoms with E-state index in [4.69, 9.17) is 10.4 Å². The Kier molecular flexibility index (Phi) is 4.12. The SMILES string of the molecule is CCC1CCN(Cc2nonc2C)C(CN)C1. The van der Waals surface area contributed by atoms with Crippen molar-refractivity contribution in [1.82, 2.24) is 15.2 Å². The van der Waals surface area contributed by atoms with Gasteiger partial charge in [-0.05, 0) is 32.2 Å². The Hall–Kier alpha value is -0.940. The zero-order valence-electron chi connectivity index (χ0n) is 10.7. The first-order valence-electron chi connectivity index (χ1n) is 6.46. The van der Waals surface area contributed by atoms with Crippen LogP contribution in [0.3, 0.4) is 0 Å². The zero-order valence-corrected chi connectivity index (χ0v) is 10.7. The average Bonchev–Trinajstić information content (AvgIpc) is 2.75. The quantitative estimate of drug-likeness (QED) is 0.857. The molecule has 5 nitrogen and oxygen atoms in total. The van der Waals surface area contributed by atoms with Crippen LogP contribution < -0.4 is 5.73 Å². The van der Waals surface area contributed by atoms with Gasteiger partial charge in [0.1, 0.15) is 11.4 Å². The van der Waals surface area contributed by atoms with Crippen LogP contribution in [0.4, 0.5) is 0 Å². The first kappa shape index (κ1) is 12.5. The Morgan fingerprint density at radius 3 is 2.88 bits per heavy atom.